The third kappa shape index (κ3) is 1.57. The molecule has 1 aliphatic carbocycles. The summed E-state index contributed by atoms with van der Waals surface area (Å²) < 4.78 is 0. The molecule has 1 atom stereocenters. The SMILES string of the molecule is OC1(C2CC2)CCCNCC1. The summed E-state index contributed by atoms with van der Waals surface area (Å²) in [4.78, 5) is 0. The molecule has 0 aromatic rings. The first kappa shape index (κ1) is 7.56. The predicted octanol–water partition coefficient (Wildman–Crippen LogP) is 0.901. The van der Waals surface area contributed by atoms with Crippen LogP contribution in [0.4, 0.5) is 0 Å². The van der Waals surface area contributed by atoms with E-state index < -0.39 is 0 Å². The van der Waals surface area contributed by atoms with Gasteiger partial charge in [-0.05, 0) is 51.1 Å². The molecule has 2 aliphatic rings. The third-order valence-corrected chi connectivity index (χ3v) is 3.04. The van der Waals surface area contributed by atoms with Crippen LogP contribution in [-0.4, -0.2) is 23.8 Å². The second-order valence-corrected chi connectivity index (χ2v) is 3.98. The van der Waals surface area contributed by atoms with E-state index in [2.05, 4.69) is 5.32 Å². The Kier molecular flexibility index (Phi) is 1.90. The first-order valence-electron chi connectivity index (χ1n) is 4.74. The van der Waals surface area contributed by atoms with Gasteiger partial charge < -0.3 is 10.4 Å². The van der Waals surface area contributed by atoms with Crippen LogP contribution in [0, 0.1) is 5.92 Å². The number of hydrogen-bond donors (Lipinski definition) is 2. The standard InChI is InChI=1S/C9H17NO/c11-9(8-2-3-8)4-1-6-10-7-5-9/h8,10-11H,1-7H2. The maximum atomic E-state index is 10.2. The molecule has 1 aliphatic heterocycles. The molecule has 64 valence electrons. The predicted molar refractivity (Wildman–Crippen MR) is 44.4 cm³/mol. The van der Waals surface area contributed by atoms with Gasteiger partial charge in [-0.1, -0.05) is 0 Å². The molecule has 0 bridgehead atoms. The third-order valence-electron chi connectivity index (χ3n) is 3.04. The Morgan fingerprint density at radius 1 is 1.18 bits per heavy atom. The zero-order chi connectivity index (χ0) is 7.73. The number of aliphatic hydroxyl groups is 1. The van der Waals surface area contributed by atoms with Gasteiger partial charge in [-0.3, -0.25) is 0 Å². The average molecular weight is 155 g/mol. The van der Waals surface area contributed by atoms with Gasteiger partial charge in [-0.2, -0.15) is 0 Å². The molecule has 1 saturated heterocycles. The molecule has 0 aromatic heterocycles. The van der Waals surface area contributed by atoms with E-state index in [0.717, 1.165) is 32.4 Å². The lowest BCUT2D eigenvalue weighted by molar-refractivity contribution is 0.00587. The van der Waals surface area contributed by atoms with Crippen LogP contribution in [0.2, 0.25) is 0 Å². The Balaban J connectivity index is 1.96. The highest BCUT2D eigenvalue weighted by molar-refractivity contribution is 4.95. The molecule has 2 heteroatoms. The van der Waals surface area contributed by atoms with Crippen LogP contribution in [0.3, 0.4) is 0 Å². The van der Waals surface area contributed by atoms with E-state index in [1.807, 2.05) is 0 Å². The smallest absolute Gasteiger partial charge is 0.0688 e. The maximum absolute atomic E-state index is 10.2. The molecule has 2 rings (SSSR count). The van der Waals surface area contributed by atoms with Gasteiger partial charge >= 0.3 is 0 Å². The summed E-state index contributed by atoms with van der Waals surface area (Å²) in [5.74, 6) is 0.641. The van der Waals surface area contributed by atoms with Gasteiger partial charge in [0.2, 0.25) is 0 Å². The first-order chi connectivity index (χ1) is 5.31. The summed E-state index contributed by atoms with van der Waals surface area (Å²) in [7, 11) is 0. The van der Waals surface area contributed by atoms with E-state index in [1.54, 1.807) is 0 Å². The van der Waals surface area contributed by atoms with Crippen LogP contribution in [0.1, 0.15) is 32.1 Å². The van der Waals surface area contributed by atoms with Crippen LogP contribution >= 0.6 is 0 Å². The van der Waals surface area contributed by atoms with Crippen molar-refractivity contribution in [3.63, 3.8) is 0 Å². The minimum atomic E-state index is -0.288. The van der Waals surface area contributed by atoms with E-state index in [-0.39, 0.29) is 5.60 Å². The summed E-state index contributed by atoms with van der Waals surface area (Å²) in [6.45, 7) is 2.10. The van der Waals surface area contributed by atoms with Gasteiger partial charge in [0.25, 0.3) is 0 Å². The van der Waals surface area contributed by atoms with Gasteiger partial charge in [-0.25, -0.2) is 0 Å². The molecule has 1 unspecified atom stereocenters. The van der Waals surface area contributed by atoms with Crippen molar-refractivity contribution in [2.75, 3.05) is 13.1 Å². The van der Waals surface area contributed by atoms with Gasteiger partial charge in [0.05, 0.1) is 5.60 Å². The van der Waals surface area contributed by atoms with Crippen LogP contribution < -0.4 is 5.32 Å². The van der Waals surface area contributed by atoms with Crippen molar-refractivity contribution in [2.24, 2.45) is 5.92 Å². The van der Waals surface area contributed by atoms with E-state index in [1.165, 1.54) is 12.8 Å². The fourth-order valence-electron chi connectivity index (χ4n) is 2.10. The van der Waals surface area contributed by atoms with Gasteiger partial charge in [0, 0.05) is 0 Å². The number of rotatable bonds is 1. The van der Waals surface area contributed by atoms with Crippen LogP contribution in [-0.2, 0) is 0 Å². The van der Waals surface area contributed by atoms with Crippen LogP contribution in [0.15, 0.2) is 0 Å². The van der Waals surface area contributed by atoms with Crippen LogP contribution in [0.25, 0.3) is 0 Å². The summed E-state index contributed by atoms with van der Waals surface area (Å²) >= 11 is 0. The number of nitrogens with one attached hydrogen (secondary N) is 1. The maximum Gasteiger partial charge on any atom is 0.0688 e. The van der Waals surface area contributed by atoms with E-state index >= 15 is 0 Å². The topological polar surface area (TPSA) is 32.3 Å². The monoisotopic (exact) mass is 155 g/mol. The zero-order valence-electron chi connectivity index (χ0n) is 6.97. The molecule has 2 N–H and O–H groups in total. The van der Waals surface area contributed by atoms with Gasteiger partial charge in [-0.15, -0.1) is 0 Å². The molecule has 1 saturated carbocycles. The summed E-state index contributed by atoms with van der Waals surface area (Å²) in [5.41, 5.74) is -0.288. The van der Waals surface area contributed by atoms with Gasteiger partial charge in [0.1, 0.15) is 0 Å². The van der Waals surface area contributed by atoms with Crippen molar-refractivity contribution < 1.29 is 5.11 Å². The summed E-state index contributed by atoms with van der Waals surface area (Å²) in [6.07, 6.45) is 5.66. The lowest BCUT2D eigenvalue weighted by atomic mass is 9.90. The summed E-state index contributed by atoms with van der Waals surface area (Å²) in [5, 5.41) is 13.5. The molecule has 0 amide bonds. The molecule has 2 fully saturated rings. The Labute approximate surface area is 68.0 Å². The molecule has 0 radical (unpaired) electrons. The fraction of sp³-hybridized carbons (Fsp3) is 1.00. The van der Waals surface area contributed by atoms with Gasteiger partial charge in [0.15, 0.2) is 0 Å². The highest BCUT2D eigenvalue weighted by Gasteiger charge is 2.43. The highest BCUT2D eigenvalue weighted by Crippen LogP contribution is 2.44. The Morgan fingerprint density at radius 2 is 2.00 bits per heavy atom. The van der Waals surface area contributed by atoms with Crippen molar-refractivity contribution in [3.05, 3.63) is 0 Å². The van der Waals surface area contributed by atoms with Crippen molar-refractivity contribution in [3.8, 4) is 0 Å². The van der Waals surface area contributed by atoms with E-state index in [0.29, 0.717) is 5.92 Å². The largest absolute Gasteiger partial charge is 0.390 e. The lowest BCUT2D eigenvalue weighted by Crippen LogP contribution is -2.32. The normalized spacial score (nSPS) is 40.1. The van der Waals surface area contributed by atoms with Crippen molar-refractivity contribution in [2.45, 2.75) is 37.7 Å². The fourth-order valence-corrected chi connectivity index (χ4v) is 2.10. The molecule has 0 spiro atoms. The lowest BCUT2D eigenvalue weighted by Gasteiger charge is -2.25. The first-order valence-corrected chi connectivity index (χ1v) is 4.74. The minimum absolute atomic E-state index is 0.288. The molecule has 2 nitrogen and oxygen atoms in total. The van der Waals surface area contributed by atoms with Crippen molar-refractivity contribution in [1.29, 1.82) is 0 Å². The van der Waals surface area contributed by atoms with E-state index in [4.69, 9.17) is 0 Å². The van der Waals surface area contributed by atoms with Crippen molar-refractivity contribution >= 4 is 0 Å². The molecule has 1 heterocycles. The molecular formula is C9H17NO. The Hall–Kier alpha value is -0.0800. The Morgan fingerprint density at radius 3 is 2.73 bits per heavy atom. The van der Waals surface area contributed by atoms with Crippen molar-refractivity contribution in [1.82, 2.24) is 5.32 Å². The molecular weight excluding hydrogens is 138 g/mol. The number of hydrogen-bond acceptors (Lipinski definition) is 2. The molecule has 11 heavy (non-hydrogen) atoms. The van der Waals surface area contributed by atoms with Crippen LogP contribution in [0.5, 0.6) is 0 Å². The summed E-state index contributed by atoms with van der Waals surface area (Å²) in [6, 6.07) is 0. The second kappa shape index (κ2) is 2.76. The quantitative estimate of drug-likeness (QED) is 0.589. The zero-order valence-corrected chi connectivity index (χ0v) is 6.97. The molecule has 0 aromatic carbocycles. The highest BCUT2D eigenvalue weighted by atomic mass is 16.3. The average Bonchev–Trinajstić information content (AvgIpc) is 2.70. The van der Waals surface area contributed by atoms with E-state index in [9.17, 15) is 5.11 Å². The minimum Gasteiger partial charge on any atom is -0.390 e. The second-order valence-electron chi connectivity index (χ2n) is 3.98. The Bertz CT molecular complexity index is 134.